The molecule has 2 rings (SSSR count). The van der Waals surface area contributed by atoms with Crippen LogP contribution in [0.15, 0.2) is 34.9 Å². The minimum absolute atomic E-state index is 0.281. The van der Waals surface area contributed by atoms with Crippen molar-refractivity contribution in [1.29, 1.82) is 0 Å². The molecule has 0 bridgehead atoms. The molecule has 0 saturated heterocycles. The van der Waals surface area contributed by atoms with Crippen molar-refractivity contribution in [3.05, 3.63) is 34.9 Å². The maximum atomic E-state index is 8.79. The van der Waals surface area contributed by atoms with E-state index in [4.69, 9.17) is 5.11 Å². The molecular weight excluding hydrogens is 304 g/mol. The van der Waals surface area contributed by atoms with E-state index in [1.54, 1.807) is 0 Å². The van der Waals surface area contributed by atoms with Gasteiger partial charge in [-0.15, -0.1) is 0 Å². The second-order valence-electron chi connectivity index (χ2n) is 4.68. The fourth-order valence-corrected chi connectivity index (χ4v) is 2.70. The van der Waals surface area contributed by atoms with Gasteiger partial charge < -0.3 is 10.0 Å². The number of fused-ring (bicyclic) bond motifs is 1. The second-order valence-corrected chi connectivity index (χ2v) is 5.53. The Morgan fingerprint density at radius 1 is 1.16 bits per heavy atom. The van der Waals surface area contributed by atoms with Crippen LogP contribution in [0.3, 0.4) is 0 Å². The molecule has 1 heterocycles. The van der Waals surface area contributed by atoms with Crippen molar-refractivity contribution in [2.45, 2.75) is 19.3 Å². The maximum absolute atomic E-state index is 8.79. The number of anilines is 1. The van der Waals surface area contributed by atoms with E-state index in [9.17, 15) is 0 Å². The lowest BCUT2D eigenvalue weighted by Gasteiger charge is -2.20. The van der Waals surface area contributed by atoms with Gasteiger partial charge in [0, 0.05) is 41.6 Å². The van der Waals surface area contributed by atoms with Crippen molar-refractivity contribution in [2.24, 2.45) is 0 Å². The maximum Gasteiger partial charge on any atom is 0.136 e. The smallest absolute Gasteiger partial charge is 0.136 e. The average molecular weight is 323 g/mol. The lowest BCUT2D eigenvalue weighted by molar-refractivity contribution is 0.283. The molecule has 0 atom stereocenters. The predicted molar refractivity (Wildman–Crippen MR) is 83.6 cm³/mol. The number of benzene rings is 1. The summed E-state index contributed by atoms with van der Waals surface area (Å²) in [6, 6.07) is 8.22. The number of halogens is 1. The highest BCUT2D eigenvalue weighted by atomic mass is 79.9. The van der Waals surface area contributed by atoms with Crippen LogP contribution in [-0.4, -0.2) is 30.3 Å². The van der Waals surface area contributed by atoms with E-state index < -0.39 is 0 Å². The van der Waals surface area contributed by atoms with Crippen molar-refractivity contribution in [3.63, 3.8) is 0 Å². The van der Waals surface area contributed by atoms with Crippen LogP contribution in [-0.2, 0) is 0 Å². The van der Waals surface area contributed by atoms with E-state index in [0.717, 1.165) is 36.1 Å². The first-order chi connectivity index (χ1) is 9.24. The zero-order chi connectivity index (χ0) is 13.7. The molecule has 0 fully saturated rings. The molecule has 2 aromatic rings. The van der Waals surface area contributed by atoms with Crippen molar-refractivity contribution in [3.8, 4) is 0 Å². The molecular formula is C15H19BrN2O. The fraction of sp³-hybridized carbons (Fsp3) is 0.400. The highest BCUT2D eigenvalue weighted by Crippen LogP contribution is 2.29. The highest BCUT2D eigenvalue weighted by Gasteiger charge is 2.08. The molecule has 0 radical (unpaired) electrons. The Kier molecular flexibility index (Phi) is 5.16. The summed E-state index contributed by atoms with van der Waals surface area (Å²) in [4.78, 5) is 6.69. The van der Waals surface area contributed by atoms with Crippen LogP contribution < -0.4 is 4.90 Å². The molecule has 0 saturated carbocycles. The summed E-state index contributed by atoms with van der Waals surface area (Å²) in [5.74, 6) is 1.02. The van der Waals surface area contributed by atoms with E-state index >= 15 is 0 Å². The van der Waals surface area contributed by atoms with Crippen LogP contribution in [0.25, 0.3) is 10.8 Å². The first kappa shape index (κ1) is 14.3. The number of hydrogen-bond donors (Lipinski definition) is 1. The standard InChI is InChI=1S/C15H19BrN2O/c1-18(10-3-2-4-11-19)15-13-6-5-7-14(16)12(13)8-9-17-15/h5-9,19H,2-4,10-11H2,1H3. The van der Waals surface area contributed by atoms with Gasteiger partial charge in [0.1, 0.15) is 5.82 Å². The Morgan fingerprint density at radius 3 is 2.79 bits per heavy atom. The van der Waals surface area contributed by atoms with Gasteiger partial charge in [0.15, 0.2) is 0 Å². The summed E-state index contributed by atoms with van der Waals surface area (Å²) >= 11 is 3.58. The van der Waals surface area contributed by atoms with Crippen molar-refractivity contribution in [2.75, 3.05) is 25.1 Å². The van der Waals surface area contributed by atoms with Crippen LogP contribution in [0.5, 0.6) is 0 Å². The molecule has 0 aliphatic rings. The Balaban J connectivity index is 2.17. The number of nitrogens with zero attached hydrogens (tertiary/aromatic N) is 2. The number of aliphatic hydroxyl groups is 1. The number of rotatable bonds is 6. The van der Waals surface area contributed by atoms with E-state index in [1.807, 2.05) is 24.4 Å². The lowest BCUT2D eigenvalue weighted by Crippen LogP contribution is -2.20. The third kappa shape index (κ3) is 3.45. The minimum Gasteiger partial charge on any atom is -0.396 e. The van der Waals surface area contributed by atoms with E-state index in [0.29, 0.717) is 0 Å². The number of aliphatic hydroxyl groups excluding tert-OH is 1. The van der Waals surface area contributed by atoms with Crippen LogP contribution in [0, 0.1) is 0 Å². The zero-order valence-electron chi connectivity index (χ0n) is 11.1. The predicted octanol–water partition coefficient (Wildman–Crippen LogP) is 3.60. The van der Waals surface area contributed by atoms with E-state index in [-0.39, 0.29) is 6.61 Å². The molecule has 0 unspecified atom stereocenters. The first-order valence-electron chi connectivity index (χ1n) is 6.59. The van der Waals surface area contributed by atoms with Crippen molar-refractivity contribution < 1.29 is 5.11 Å². The van der Waals surface area contributed by atoms with Gasteiger partial charge in [-0.2, -0.15) is 0 Å². The van der Waals surface area contributed by atoms with E-state index in [1.165, 1.54) is 10.8 Å². The van der Waals surface area contributed by atoms with Gasteiger partial charge in [0.2, 0.25) is 0 Å². The van der Waals surface area contributed by atoms with Crippen LogP contribution >= 0.6 is 15.9 Å². The van der Waals surface area contributed by atoms with Crippen LogP contribution in [0.4, 0.5) is 5.82 Å². The van der Waals surface area contributed by atoms with Gasteiger partial charge in [-0.3, -0.25) is 0 Å². The monoisotopic (exact) mass is 322 g/mol. The fourth-order valence-electron chi connectivity index (χ4n) is 2.20. The number of pyridine rings is 1. The molecule has 4 heteroatoms. The molecule has 19 heavy (non-hydrogen) atoms. The zero-order valence-corrected chi connectivity index (χ0v) is 12.7. The third-order valence-electron chi connectivity index (χ3n) is 3.25. The van der Waals surface area contributed by atoms with Gasteiger partial charge >= 0.3 is 0 Å². The topological polar surface area (TPSA) is 36.4 Å². The molecule has 0 amide bonds. The summed E-state index contributed by atoms with van der Waals surface area (Å²) in [5.41, 5.74) is 0. The highest BCUT2D eigenvalue weighted by molar-refractivity contribution is 9.10. The van der Waals surface area contributed by atoms with E-state index in [2.05, 4.69) is 38.9 Å². The van der Waals surface area contributed by atoms with Gasteiger partial charge in [-0.1, -0.05) is 28.1 Å². The Hall–Kier alpha value is -1.13. The Bertz CT molecular complexity index is 545. The second kappa shape index (κ2) is 6.87. The molecule has 0 aliphatic carbocycles. The molecule has 0 aliphatic heterocycles. The van der Waals surface area contributed by atoms with Gasteiger partial charge in [0.25, 0.3) is 0 Å². The van der Waals surface area contributed by atoms with Crippen LogP contribution in [0.1, 0.15) is 19.3 Å². The lowest BCUT2D eigenvalue weighted by atomic mass is 10.1. The Labute approximate surface area is 122 Å². The first-order valence-corrected chi connectivity index (χ1v) is 7.38. The molecule has 1 N–H and O–H groups in total. The average Bonchev–Trinajstić information content (AvgIpc) is 2.43. The summed E-state index contributed by atoms with van der Waals surface area (Å²) in [7, 11) is 2.07. The number of aromatic nitrogens is 1. The SMILES string of the molecule is CN(CCCCCO)c1nccc2c(Br)cccc12. The molecule has 1 aromatic carbocycles. The summed E-state index contributed by atoms with van der Waals surface area (Å²) < 4.78 is 1.10. The Morgan fingerprint density at radius 2 is 2.00 bits per heavy atom. The number of hydrogen-bond acceptors (Lipinski definition) is 3. The van der Waals surface area contributed by atoms with Crippen molar-refractivity contribution in [1.82, 2.24) is 4.98 Å². The largest absolute Gasteiger partial charge is 0.396 e. The minimum atomic E-state index is 0.281. The number of unbranched alkanes of at least 4 members (excludes halogenated alkanes) is 2. The molecule has 3 nitrogen and oxygen atoms in total. The van der Waals surface area contributed by atoms with Gasteiger partial charge in [0.05, 0.1) is 0 Å². The summed E-state index contributed by atoms with van der Waals surface area (Å²) in [5, 5.41) is 11.1. The molecule has 0 spiro atoms. The van der Waals surface area contributed by atoms with Gasteiger partial charge in [-0.25, -0.2) is 4.98 Å². The third-order valence-corrected chi connectivity index (χ3v) is 3.94. The summed E-state index contributed by atoms with van der Waals surface area (Å²) in [6.07, 6.45) is 4.85. The van der Waals surface area contributed by atoms with Crippen molar-refractivity contribution >= 4 is 32.5 Å². The summed E-state index contributed by atoms with van der Waals surface area (Å²) in [6.45, 7) is 1.24. The molecule has 102 valence electrons. The normalized spacial score (nSPS) is 10.9. The molecule has 1 aromatic heterocycles. The quantitative estimate of drug-likeness (QED) is 0.825. The van der Waals surface area contributed by atoms with Crippen LogP contribution in [0.2, 0.25) is 0 Å². The van der Waals surface area contributed by atoms with Gasteiger partial charge in [-0.05, 0) is 31.4 Å².